The molecule has 0 radical (unpaired) electrons. The van der Waals surface area contributed by atoms with Gasteiger partial charge in [-0.3, -0.25) is 20.2 Å². The number of nitro benzene ring substituents is 2. The standard InChI is InChI=1S/C12H17N3O5/c1-11(2,12(3,4)16)13-9-6-5-8(14(17)18)7-10(9)15(19)20/h5-7,13,16H,1-4H3. The molecule has 1 aromatic rings. The number of hydrogen-bond acceptors (Lipinski definition) is 6. The highest BCUT2D eigenvalue weighted by molar-refractivity contribution is 5.66. The van der Waals surface area contributed by atoms with E-state index in [-0.39, 0.29) is 11.4 Å². The molecule has 0 aromatic heterocycles. The van der Waals surface area contributed by atoms with Gasteiger partial charge in [-0.05, 0) is 33.8 Å². The van der Waals surface area contributed by atoms with Gasteiger partial charge in [-0.2, -0.15) is 0 Å². The minimum absolute atomic E-state index is 0.118. The summed E-state index contributed by atoms with van der Waals surface area (Å²) in [5.41, 5.74) is -2.66. The second-order valence-electron chi connectivity index (χ2n) is 5.52. The van der Waals surface area contributed by atoms with Gasteiger partial charge in [0.15, 0.2) is 0 Å². The molecule has 0 atom stereocenters. The summed E-state index contributed by atoms with van der Waals surface area (Å²) in [4.78, 5) is 20.3. The van der Waals surface area contributed by atoms with E-state index in [9.17, 15) is 25.3 Å². The third-order valence-electron chi connectivity index (χ3n) is 3.37. The summed E-state index contributed by atoms with van der Waals surface area (Å²) in [5, 5.41) is 34.6. The van der Waals surface area contributed by atoms with Gasteiger partial charge in [0.2, 0.25) is 0 Å². The Morgan fingerprint density at radius 2 is 1.65 bits per heavy atom. The summed E-state index contributed by atoms with van der Waals surface area (Å²) >= 11 is 0. The molecule has 0 aliphatic carbocycles. The van der Waals surface area contributed by atoms with Crippen molar-refractivity contribution in [2.75, 3.05) is 5.32 Å². The van der Waals surface area contributed by atoms with Crippen molar-refractivity contribution in [3.05, 3.63) is 38.4 Å². The van der Waals surface area contributed by atoms with Gasteiger partial charge < -0.3 is 10.4 Å². The Hall–Kier alpha value is -2.22. The number of non-ortho nitro benzene ring substituents is 1. The summed E-state index contributed by atoms with van der Waals surface area (Å²) in [6.45, 7) is 6.49. The minimum atomic E-state index is -1.15. The Morgan fingerprint density at radius 3 is 2.05 bits per heavy atom. The Morgan fingerprint density at radius 1 is 1.10 bits per heavy atom. The molecule has 2 N–H and O–H groups in total. The highest BCUT2D eigenvalue weighted by Gasteiger charge is 2.36. The number of hydrogen-bond donors (Lipinski definition) is 2. The van der Waals surface area contributed by atoms with Crippen molar-refractivity contribution in [1.29, 1.82) is 0 Å². The van der Waals surface area contributed by atoms with Crippen LogP contribution in [0.15, 0.2) is 18.2 Å². The van der Waals surface area contributed by atoms with Crippen molar-refractivity contribution in [3.8, 4) is 0 Å². The average molecular weight is 283 g/mol. The molecule has 0 aliphatic rings. The Balaban J connectivity index is 3.26. The quantitative estimate of drug-likeness (QED) is 0.632. The molecule has 20 heavy (non-hydrogen) atoms. The zero-order valence-electron chi connectivity index (χ0n) is 11.7. The maximum atomic E-state index is 11.0. The zero-order valence-corrected chi connectivity index (χ0v) is 11.7. The van der Waals surface area contributed by atoms with Crippen molar-refractivity contribution >= 4 is 17.1 Å². The van der Waals surface area contributed by atoms with Gasteiger partial charge in [0.05, 0.1) is 27.1 Å². The van der Waals surface area contributed by atoms with Crippen molar-refractivity contribution in [2.45, 2.75) is 38.8 Å². The topological polar surface area (TPSA) is 119 Å². The van der Waals surface area contributed by atoms with E-state index in [1.165, 1.54) is 12.1 Å². The number of rotatable bonds is 5. The zero-order chi connectivity index (χ0) is 15.7. The molecule has 8 heteroatoms. The smallest absolute Gasteiger partial charge is 0.299 e. The van der Waals surface area contributed by atoms with Crippen LogP contribution in [0.2, 0.25) is 0 Å². The van der Waals surface area contributed by atoms with Crippen molar-refractivity contribution in [1.82, 2.24) is 0 Å². The number of nitrogens with one attached hydrogen (secondary N) is 1. The molecule has 0 saturated heterocycles. The van der Waals surface area contributed by atoms with Crippen molar-refractivity contribution in [3.63, 3.8) is 0 Å². The van der Waals surface area contributed by atoms with Crippen LogP contribution in [-0.2, 0) is 0 Å². The molecular weight excluding hydrogens is 266 g/mol. The fourth-order valence-electron chi connectivity index (χ4n) is 1.38. The first kappa shape index (κ1) is 15.8. The van der Waals surface area contributed by atoms with Gasteiger partial charge in [-0.25, -0.2) is 0 Å². The number of aliphatic hydroxyl groups is 1. The molecular formula is C12H17N3O5. The van der Waals surface area contributed by atoms with Crippen LogP contribution in [0.25, 0.3) is 0 Å². The first-order chi connectivity index (χ1) is 8.95. The van der Waals surface area contributed by atoms with Crippen molar-refractivity contribution in [2.24, 2.45) is 0 Å². The first-order valence-corrected chi connectivity index (χ1v) is 5.89. The monoisotopic (exact) mass is 283 g/mol. The molecule has 0 bridgehead atoms. The SMILES string of the molecule is CC(C)(O)C(C)(C)Nc1ccc([N+](=O)[O-])cc1[N+](=O)[O-]. The predicted octanol–water partition coefficient (Wildman–Crippen LogP) is 2.46. The van der Waals surface area contributed by atoms with Gasteiger partial charge in [-0.1, -0.05) is 0 Å². The van der Waals surface area contributed by atoms with Crippen LogP contribution in [0.4, 0.5) is 17.1 Å². The van der Waals surface area contributed by atoms with E-state index in [0.717, 1.165) is 6.07 Å². The molecule has 0 aliphatic heterocycles. The molecule has 8 nitrogen and oxygen atoms in total. The summed E-state index contributed by atoms with van der Waals surface area (Å²) in [5.74, 6) is 0. The highest BCUT2D eigenvalue weighted by Crippen LogP contribution is 2.33. The van der Waals surface area contributed by atoms with E-state index in [0.29, 0.717) is 0 Å². The lowest BCUT2D eigenvalue weighted by atomic mass is 9.85. The maximum absolute atomic E-state index is 11.0. The Kier molecular flexibility index (Phi) is 3.99. The van der Waals surface area contributed by atoms with Crippen LogP contribution < -0.4 is 5.32 Å². The third kappa shape index (κ3) is 3.21. The number of nitrogens with zero attached hydrogens (tertiary/aromatic N) is 2. The number of benzene rings is 1. The van der Waals surface area contributed by atoms with Crippen LogP contribution in [0.1, 0.15) is 27.7 Å². The fraction of sp³-hybridized carbons (Fsp3) is 0.500. The first-order valence-electron chi connectivity index (χ1n) is 5.89. The predicted molar refractivity (Wildman–Crippen MR) is 73.8 cm³/mol. The van der Waals surface area contributed by atoms with Gasteiger partial charge in [-0.15, -0.1) is 0 Å². The third-order valence-corrected chi connectivity index (χ3v) is 3.37. The molecule has 1 aromatic carbocycles. The van der Waals surface area contributed by atoms with E-state index >= 15 is 0 Å². The molecule has 0 saturated carbocycles. The highest BCUT2D eigenvalue weighted by atomic mass is 16.6. The maximum Gasteiger partial charge on any atom is 0.299 e. The van der Waals surface area contributed by atoms with Gasteiger partial charge >= 0.3 is 0 Å². The molecule has 1 rings (SSSR count). The molecule has 0 fully saturated rings. The second kappa shape index (κ2) is 5.04. The van der Waals surface area contributed by atoms with Crippen molar-refractivity contribution < 1.29 is 15.0 Å². The van der Waals surface area contributed by atoms with Gasteiger partial charge in [0.1, 0.15) is 5.69 Å². The van der Waals surface area contributed by atoms with E-state index in [1.807, 2.05) is 0 Å². The molecule has 0 heterocycles. The summed E-state index contributed by atoms with van der Waals surface area (Å²) in [6, 6.07) is 3.34. The van der Waals surface area contributed by atoms with Gasteiger partial charge in [0, 0.05) is 6.07 Å². The van der Waals surface area contributed by atoms with E-state index < -0.39 is 26.7 Å². The lowest BCUT2D eigenvalue weighted by molar-refractivity contribution is -0.393. The fourth-order valence-corrected chi connectivity index (χ4v) is 1.38. The van der Waals surface area contributed by atoms with E-state index in [1.54, 1.807) is 27.7 Å². The van der Waals surface area contributed by atoms with Crippen LogP contribution in [0, 0.1) is 20.2 Å². The largest absolute Gasteiger partial charge is 0.388 e. The summed E-state index contributed by atoms with van der Waals surface area (Å²) in [7, 11) is 0. The Labute approximate surface area is 115 Å². The Bertz CT molecular complexity index is 549. The summed E-state index contributed by atoms with van der Waals surface area (Å²) in [6.07, 6.45) is 0. The number of anilines is 1. The minimum Gasteiger partial charge on any atom is -0.388 e. The van der Waals surface area contributed by atoms with Crippen LogP contribution >= 0.6 is 0 Å². The second-order valence-corrected chi connectivity index (χ2v) is 5.52. The van der Waals surface area contributed by atoms with Crippen LogP contribution in [0.5, 0.6) is 0 Å². The lowest BCUT2D eigenvalue weighted by Crippen LogP contribution is -2.51. The van der Waals surface area contributed by atoms with Crippen LogP contribution in [-0.4, -0.2) is 26.1 Å². The van der Waals surface area contributed by atoms with E-state index in [2.05, 4.69) is 5.32 Å². The normalized spacial score (nSPS) is 12.1. The molecule has 0 amide bonds. The summed E-state index contributed by atoms with van der Waals surface area (Å²) < 4.78 is 0. The van der Waals surface area contributed by atoms with E-state index in [4.69, 9.17) is 0 Å². The molecule has 110 valence electrons. The molecule has 0 spiro atoms. The average Bonchev–Trinajstić information content (AvgIpc) is 2.26. The van der Waals surface area contributed by atoms with Gasteiger partial charge in [0.25, 0.3) is 11.4 Å². The number of nitro groups is 2. The molecule has 0 unspecified atom stereocenters. The van der Waals surface area contributed by atoms with Crippen LogP contribution in [0.3, 0.4) is 0 Å². The lowest BCUT2D eigenvalue weighted by Gasteiger charge is -2.38.